The van der Waals surface area contributed by atoms with Crippen LogP contribution in [0.25, 0.3) is 5.69 Å². The van der Waals surface area contributed by atoms with Crippen molar-refractivity contribution in [2.75, 3.05) is 12.4 Å². The van der Waals surface area contributed by atoms with Crippen molar-refractivity contribution in [1.29, 1.82) is 0 Å². The maximum Gasteiger partial charge on any atom is 0.397 e. The van der Waals surface area contributed by atoms with Crippen molar-refractivity contribution in [3.63, 3.8) is 0 Å². The van der Waals surface area contributed by atoms with Crippen LogP contribution in [-0.4, -0.2) is 66.7 Å². The van der Waals surface area contributed by atoms with Gasteiger partial charge in [-0.2, -0.15) is 26.6 Å². The van der Waals surface area contributed by atoms with Crippen LogP contribution < -0.4 is 0 Å². The van der Waals surface area contributed by atoms with E-state index in [9.17, 15) is 35.5 Å². The number of phenols is 1. The van der Waals surface area contributed by atoms with Crippen molar-refractivity contribution in [1.82, 2.24) is 9.78 Å². The number of phenolic OH excluding ortho intramolecular Hbond substituents is 1. The van der Waals surface area contributed by atoms with Gasteiger partial charge in [-0.15, -0.1) is 10.2 Å². The van der Waals surface area contributed by atoms with Crippen LogP contribution in [0.15, 0.2) is 62.5 Å². The quantitative estimate of drug-likeness (QED) is 0.216. The lowest BCUT2D eigenvalue weighted by atomic mass is 10.3. The van der Waals surface area contributed by atoms with Gasteiger partial charge in [-0.1, -0.05) is 0 Å². The topological polar surface area (TPSA) is 235 Å². The molecule has 1 heterocycles. The number of rotatable bonds is 9. The fraction of sp³-hybridized carbons (Fsp3) is 0.167. The van der Waals surface area contributed by atoms with E-state index in [4.69, 9.17) is 9.11 Å². The molecular formula is C18H18N4O11S3. The molecule has 0 radical (unpaired) electrons. The Labute approximate surface area is 204 Å². The summed E-state index contributed by atoms with van der Waals surface area (Å²) < 4.78 is 90.5. The van der Waals surface area contributed by atoms with Gasteiger partial charge in [0.2, 0.25) is 5.88 Å². The highest BCUT2D eigenvalue weighted by Crippen LogP contribution is 2.36. The van der Waals surface area contributed by atoms with Crippen LogP contribution in [0.5, 0.6) is 11.6 Å². The summed E-state index contributed by atoms with van der Waals surface area (Å²) in [6.45, 7) is 0.645. The Morgan fingerprint density at radius 3 is 2.08 bits per heavy atom. The average molecular weight is 563 g/mol. The van der Waals surface area contributed by atoms with Crippen LogP contribution in [0.4, 0.5) is 11.4 Å². The van der Waals surface area contributed by atoms with Crippen molar-refractivity contribution in [3.8, 4) is 17.3 Å². The second-order valence-electron chi connectivity index (χ2n) is 7.06. The van der Waals surface area contributed by atoms with Gasteiger partial charge >= 0.3 is 10.4 Å². The number of aromatic nitrogens is 2. The van der Waals surface area contributed by atoms with Gasteiger partial charge in [-0.05, 0) is 43.3 Å². The first-order valence-electron chi connectivity index (χ1n) is 9.54. The van der Waals surface area contributed by atoms with Crippen molar-refractivity contribution in [2.45, 2.75) is 16.7 Å². The molecule has 0 saturated heterocycles. The molecule has 194 valence electrons. The zero-order valence-corrected chi connectivity index (χ0v) is 20.6. The molecule has 0 saturated carbocycles. The summed E-state index contributed by atoms with van der Waals surface area (Å²) in [7, 11) is -13.3. The Morgan fingerprint density at radius 2 is 1.53 bits per heavy atom. The van der Waals surface area contributed by atoms with Gasteiger partial charge in [0.05, 0.1) is 33.5 Å². The number of hydrogen-bond acceptors (Lipinski definition) is 12. The second-order valence-corrected chi connectivity index (χ2v) is 11.7. The third-order valence-electron chi connectivity index (χ3n) is 4.53. The smallest absolute Gasteiger partial charge is 0.397 e. The Morgan fingerprint density at radius 1 is 0.917 bits per heavy atom. The maximum absolute atomic E-state index is 12.3. The van der Waals surface area contributed by atoms with E-state index in [0.717, 1.165) is 35.0 Å². The number of benzene rings is 2. The Bertz CT molecular complexity index is 1640. The first-order chi connectivity index (χ1) is 16.6. The van der Waals surface area contributed by atoms with Gasteiger partial charge in [0, 0.05) is 6.07 Å². The summed E-state index contributed by atoms with van der Waals surface area (Å²) in [5.74, 6) is -1.88. The van der Waals surface area contributed by atoms with Gasteiger partial charge in [0.15, 0.2) is 15.5 Å². The van der Waals surface area contributed by atoms with E-state index in [-0.39, 0.29) is 32.5 Å². The molecule has 4 N–H and O–H groups in total. The lowest BCUT2D eigenvalue weighted by Gasteiger charge is -2.06. The monoisotopic (exact) mass is 562 g/mol. The van der Waals surface area contributed by atoms with Crippen LogP contribution >= 0.6 is 0 Å². The largest absolute Gasteiger partial charge is 0.506 e. The minimum absolute atomic E-state index is 0.104. The number of sulfone groups is 1. The highest BCUT2D eigenvalue weighted by atomic mass is 32.3. The highest BCUT2D eigenvalue weighted by Gasteiger charge is 2.20. The SMILES string of the molecule is Cc1nn(-c2ccc(S(=O)(=O)O)cc2)c(O)c1/N=N/c1ccc(S(=O)(=O)CCOS(=O)(=O)O)cc1O. The van der Waals surface area contributed by atoms with Gasteiger partial charge in [0.25, 0.3) is 10.1 Å². The zero-order chi connectivity index (χ0) is 26.9. The van der Waals surface area contributed by atoms with Gasteiger partial charge in [-0.25, -0.2) is 12.6 Å². The first-order valence-corrected chi connectivity index (χ1v) is 14.0. The summed E-state index contributed by atoms with van der Waals surface area (Å²) in [5, 5.41) is 32.4. The average Bonchev–Trinajstić information content (AvgIpc) is 3.04. The molecule has 36 heavy (non-hydrogen) atoms. The molecule has 0 aliphatic heterocycles. The molecule has 0 aliphatic carbocycles. The van der Waals surface area contributed by atoms with Crippen LogP contribution in [0.3, 0.4) is 0 Å². The molecule has 0 unspecified atom stereocenters. The third-order valence-corrected chi connectivity index (χ3v) is 7.54. The summed E-state index contributed by atoms with van der Waals surface area (Å²) in [5.41, 5.74) is 0.159. The summed E-state index contributed by atoms with van der Waals surface area (Å²) in [6, 6.07) is 7.80. The molecular weight excluding hydrogens is 544 g/mol. The first kappa shape index (κ1) is 27.2. The van der Waals surface area contributed by atoms with E-state index in [1.807, 2.05) is 0 Å². The molecule has 3 rings (SSSR count). The fourth-order valence-corrected chi connectivity index (χ4v) is 4.80. The van der Waals surface area contributed by atoms with Crippen molar-refractivity contribution >= 4 is 41.7 Å². The Hall–Kier alpha value is -3.42. The van der Waals surface area contributed by atoms with Crippen LogP contribution in [0.1, 0.15) is 5.69 Å². The van der Waals surface area contributed by atoms with Crippen molar-refractivity contribution < 1.29 is 48.8 Å². The molecule has 0 spiro atoms. The molecule has 2 aromatic carbocycles. The molecule has 1 aromatic heterocycles. The number of aromatic hydroxyl groups is 2. The maximum atomic E-state index is 12.3. The van der Waals surface area contributed by atoms with Crippen LogP contribution in [0.2, 0.25) is 0 Å². The normalized spacial score (nSPS) is 12.9. The zero-order valence-electron chi connectivity index (χ0n) is 18.1. The van der Waals surface area contributed by atoms with E-state index in [1.54, 1.807) is 0 Å². The number of azo groups is 1. The molecule has 0 aliphatic rings. The number of aryl methyl sites for hydroxylation is 1. The van der Waals surface area contributed by atoms with E-state index >= 15 is 0 Å². The van der Waals surface area contributed by atoms with Gasteiger partial charge in [0.1, 0.15) is 11.4 Å². The Kier molecular flexibility index (Phi) is 7.48. The lowest BCUT2D eigenvalue weighted by Crippen LogP contribution is -2.15. The van der Waals surface area contributed by atoms with Gasteiger partial charge in [-0.3, -0.25) is 9.11 Å². The number of nitrogens with zero attached hydrogens (tertiary/aromatic N) is 4. The standard InChI is InChI=1S/C18H18N4O11S3/c1-11-17(18(24)22(21-11)12-2-4-13(5-3-12)35(27,28)29)20-19-15-7-6-14(10-16(15)23)34(25,26)9-8-33-36(30,31)32/h2-7,10,23-24H,8-9H2,1H3,(H,27,28,29)(H,30,31,32)/b20-19+. The molecule has 0 amide bonds. The molecule has 18 heteroatoms. The molecule has 15 nitrogen and oxygen atoms in total. The van der Waals surface area contributed by atoms with Crippen molar-refractivity contribution in [3.05, 3.63) is 48.2 Å². The highest BCUT2D eigenvalue weighted by molar-refractivity contribution is 7.91. The molecule has 0 fully saturated rings. The Balaban J connectivity index is 1.83. The summed E-state index contributed by atoms with van der Waals surface area (Å²) in [4.78, 5) is -0.737. The predicted octanol–water partition coefficient (Wildman–Crippen LogP) is 1.85. The molecule has 0 bridgehead atoms. The summed E-state index contributed by atoms with van der Waals surface area (Å²) >= 11 is 0. The van der Waals surface area contributed by atoms with E-state index < -0.39 is 54.3 Å². The molecule has 3 aromatic rings. The van der Waals surface area contributed by atoms with E-state index in [2.05, 4.69) is 19.5 Å². The van der Waals surface area contributed by atoms with E-state index in [1.165, 1.54) is 19.1 Å². The predicted molar refractivity (Wildman–Crippen MR) is 122 cm³/mol. The minimum atomic E-state index is -4.81. The third kappa shape index (κ3) is 6.42. The molecule has 0 atom stereocenters. The number of hydrogen-bond donors (Lipinski definition) is 4. The lowest BCUT2D eigenvalue weighted by molar-refractivity contribution is 0.284. The van der Waals surface area contributed by atoms with Crippen LogP contribution in [-0.2, 0) is 34.5 Å². The second kappa shape index (κ2) is 9.91. The van der Waals surface area contributed by atoms with Crippen molar-refractivity contribution in [2.24, 2.45) is 10.2 Å². The van der Waals surface area contributed by atoms with Gasteiger partial charge < -0.3 is 10.2 Å². The minimum Gasteiger partial charge on any atom is -0.506 e. The van der Waals surface area contributed by atoms with Crippen LogP contribution in [0, 0.1) is 6.92 Å². The summed E-state index contributed by atoms with van der Waals surface area (Å²) in [6.07, 6.45) is 0. The van der Waals surface area contributed by atoms with E-state index in [0.29, 0.717) is 0 Å². The fourth-order valence-electron chi connectivity index (χ4n) is 2.82.